The molecular formula is C8H16N2O. The van der Waals surface area contributed by atoms with Crippen molar-refractivity contribution < 1.29 is 4.79 Å². The van der Waals surface area contributed by atoms with Gasteiger partial charge in [-0.15, -0.1) is 0 Å². The van der Waals surface area contributed by atoms with E-state index in [1.165, 1.54) is 25.9 Å². The molecular weight excluding hydrogens is 140 g/mol. The molecule has 0 aromatic heterocycles. The van der Waals surface area contributed by atoms with Crippen molar-refractivity contribution >= 4 is 5.91 Å². The highest BCUT2D eigenvalue weighted by Crippen LogP contribution is 2.06. The Kier molecular flexibility index (Phi) is 3.36. The molecule has 1 aliphatic rings. The number of likely N-dealkylation sites (tertiary alicyclic amines) is 1. The second-order valence-corrected chi connectivity index (χ2v) is 2.97. The Morgan fingerprint density at radius 1 is 1.45 bits per heavy atom. The third-order valence-corrected chi connectivity index (χ3v) is 2.13. The second kappa shape index (κ2) is 4.34. The van der Waals surface area contributed by atoms with Crippen molar-refractivity contribution in [1.29, 1.82) is 0 Å². The molecule has 1 heterocycles. The predicted octanol–water partition coefficient (Wildman–Crippen LogP) is 0.218. The van der Waals surface area contributed by atoms with Crippen molar-refractivity contribution in [3.63, 3.8) is 0 Å². The lowest BCUT2D eigenvalue weighted by Gasteiger charge is -2.12. The maximum absolute atomic E-state index is 10.8. The largest absolute Gasteiger partial charge is 0.359 e. The fraction of sp³-hybridized carbons (Fsp3) is 0.875. The number of carbonyl (C=O) groups excluding carboxylic acids is 1. The highest BCUT2D eigenvalue weighted by Gasteiger charge is 2.11. The van der Waals surface area contributed by atoms with Gasteiger partial charge in [-0.3, -0.25) is 4.79 Å². The number of nitrogens with one attached hydrogen (secondary N) is 1. The minimum atomic E-state index is 0.150. The molecule has 0 radical (unpaired) electrons. The van der Waals surface area contributed by atoms with Crippen molar-refractivity contribution in [3.8, 4) is 0 Å². The van der Waals surface area contributed by atoms with E-state index in [1.54, 1.807) is 7.05 Å². The van der Waals surface area contributed by atoms with Crippen LogP contribution in [-0.2, 0) is 4.79 Å². The lowest BCUT2D eigenvalue weighted by atomic mass is 10.4. The molecule has 0 aromatic carbocycles. The third kappa shape index (κ3) is 2.89. The molecule has 1 saturated heterocycles. The molecule has 0 spiro atoms. The van der Waals surface area contributed by atoms with E-state index in [0.717, 1.165) is 6.54 Å². The van der Waals surface area contributed by atoms with Gasteiger partial charge in [0.1, 0.15) is 0 Å². The van der Waals surface area contributed by atoms with Crippen LogP contribution in [0, 0.1) is 0 Å². The summed E-state index contributed by atoms with van der Waals surface area (Å²) < 4.78 is 0. The first-order chi connectivity index (χ1) is 5.33. The molecule has 1 N–H and O–H groups in total. The number of rotatable bonds is 3. The van der Waals surface area contributed by atoms with Crippen molar-refractivity contribution in [3.05, 3.63) is 0 Å². The average Bonchev–Trinajstić information content (AvgIpc) is 2.52. The van der Waals surface area contributed by atoms with Crippen molar-refractivity contribution in [2.45, 2.75) is 19.3 Å². The highest BCUT2D eigenvalue weighted by molar-refractivity contribution is 5.75. The van der Waals surface area contributed by atoms with Crippen LogP contribution in [-0.4, -0.2) is 37.5 Å². The smallest absolute Gasteiger partial charge is 0.221 e. The summed E-state index contributed by atoms with van der Waals surface area (Å²) in [6.45, 7) is 3.29. The zero-order valence-corrected chi connectivity index (χ0v) is 7.10. The van der Waals surface area contributed by atoms with E-state index < -0.39 is 0 Å². The summed E-state index contributed by atoms with van der Waals surface area (Å²) in [6.07, 6.45) is 3.25. The summed E-state index contributed by atoms with van der Waals surface area (Å²) in [5.41, 5.74) is 0. The summed E-state index contributed by atoms with van der Waals surface area (Å²) in [6, 6.07) is 0. The molecule has 1 amide bonds. The van der Waals surface area contributed by atoms with E-state index in [2.05, 4.69) is 10.2 Å². The van der Waals surface area contributed by atoms with Crippen LogP contribution in [0.3, 0.4) is 0 Å². The molecule has 1 rings (SSSR count). The van der Waals surface area contributed by atoms with Gasteiger partial charge in [-0.2, -0.15) is 0 Å². The van der Waals surface area contributed by atoms with Gasteiger partial charge in [-0.05, 0) is 25.9 Å². The monoisotopic (exact) mass is 156 g/mol. The van der Waals surface area contributed by atoms with Crippen LogP contribution in [0.2, 0.25) is 0 Å². The molecule has 1 aliphatic heterocycles. The number of hydrogen-bond donors (Lipinski definition) is 1. The first-order valence-corrected chi connectivity index (χ1v) is 4.26. The number of amides is 1. The van der Waals surface area contributed by atoms with Gasteiger partial charge in [0.15, 0.2) is 0 Å². The molecule has 0 aliphatic carbocycles. The Morgan fingerprint density at radius 3 is 2.64 bits per heavy atom. The molecule has 3 heteroatoms. The second-order valence-electron chi connectivity index (χ2n) is 2.97. The molecule has 3 nitrogen and oxygen atoms in total. The van der Waals surface area contributed by atoms with E-state index in [1.807, 2.05) is 0 Å². The minimum Gasteiger partial charge on any atom is -0.359 e. The first-order valence-electron chi connectivity index (χ1n) is 4.26. The van der Waals surface area contributed by atoms with Crippen LogP contribution in [0.15, 0.2) is 0 Å². The van der Waals surface area contributed by atoms with Gasteiger partial charge in [-0.25, -0.2) is 0 Å². The highest BCUT2D eigenvalue weighted by atomic mass is 16.1. The molecule has 0 bridgehead atoms. The number of nitrogens with zero attached hydrogens (tertiary/aromatic N) is 1. The molecule has 0 atom stereocenters. The van der Waals surface area contributed by atoms with Crippen LogP contribution in [0.4, 0.5) is 0 Å². The Hall–Kier alpha value is -0.570. The third-order valence-electron chi connectivity index (χ3n) is 2.13. The zero-order valence-electron chi connectivity index (χ0n) is 7.10. The number of carbonyl (C=O) groups is 1. The Bertz CT molecular complexity index is 130. The van der Waals surface area contributed by atoms with Gasteiger partial charge in [0.2, 0.25) is 5.91 Å². The van der Waals surface area contributed by atoms with Gasteiger partial charge < -0.3 is 10.2 Å². The van der Waals surface area contributed by atoms with Crippen LogP contribution in [0.1, 0.15) is 19.3 Å². The average molecular weight is 156 g/mol. The van der Waals surface area contributed by atoms with Crippen LogP contribution in [0.25, 0.3) is 0 Å². The van der Waals surface area contributed by atoms with Crippen molar-refractivity contribution in [2.75, 3.05) is 26.7 Å². The summed E-state index contributed by atoms with van der Waals surface area (Å²) >= 11 is 0. The molecule has 1 fully saturated rings. The van der Waals surface area contributed by atoms with E-state index in [0.29, 0.717) is 6.42 Å². The van der Waals surface area contributed by atoms with Crippen molar-refractivity contribution in [2.24, 2.45) is 0 Å². The molecule has 0 aromatic rings. The lowest BCUT2D eigenvalue weighted by Crippen LogP contribution is -2.27. The Balaban J connectivity index is 2.06. The van der Waals surface area contributed by atoms with Gasteiger partial charge in [-0.1, -0.05) is 0 Å². The maximum atomic E-state index is 10.8. The van der Waals surface area contributed by atoms with E-state index >= 15 is 0 Å². The molecule has 64 valence electrons. The summed E-state index contributed by atoms with van der Waals surface area (Å²) in [5, 5.41) is 2.62. The molecule has 0 saturated carbocycles. The van der Waals surface area contributed by atoms with Crippen LogP contribution >= 0.6 is 0 Å². The minimum absolute atomic E-state index is 0.150. The van der Waals surface area contributed by atoms with Crippen molar-refractivity contribution in [1.82, 2.24) is 10.2 Å². The summed E-state index contributed by atoms with van der Waals surface area (Å²) in [7, 11) is 1.69. The summed E-state index contributed by atoms with van der Waals surface area (Å²) in [5.74, 6) is 0.150. The fourth-order valence-electron chi connectivity index (χ4n) is 1.39. The zero-order chi connectivity index (χ0) is 8.10. The van der Waals surface area contributed by atoms with Gasteiger partial charge in [0.05, 0.1) is 0 Å². The quantitative estimate of drug-likeness (QED) is 0.634. The topological polar surface area (TPSA) is 32.3 Å². The molecule has 11 heavy (non-hydrogen) atoms. The van der Waals surface area contributed by atoms with Gasteiger partial charge in [0.25, 0.3) is 0 Å². The maximum Gasteiger partial charge on any atom is 0.221 e. The normalized spacial score (nSPS) is 18.6. The van der Waals surface area contributed by atoms with Gasteiger partial charge >= 0.3 is 0 Å². The molecule has 0 unspecified atom stereocenters. The fourth-order valence-corrected chi connectivity index (χ4v) is 1.39. The van der Waals surface area contributed by atoms with E-state index in [4.69, 9.17) is 0 Å². The standard InChI is InChI=1S/C8H16N2O/c1-9-8(11)4-7-10-5-2-3-6-10/h2-7H2,1H3,(H,9,11). The SMILES string of the molecule is CNC(=O)CCN1CCCC1. The Morgan fingerprint density at radius 2 is 2.09 bits per heavy atom. The first kappa shape index (κ1) is 8.53. The van der Waals surface area contributed by atoms with Crippen LogP contribution in [0.5, 0.6) is 0 Å². The van der Waals surface area contributed by atoms with E-state index in [9.17, 15) is 4.79 Å². The predicted molar refractivity (Wildman–Crippen MR) is 44.4 cm³/mol. The van der Waals surface area contributed by atoms with Gasteiger partial charge in [0, 0.05) is 20.0 Å². The number of hydrogen-bond acceptors (Lipinski definition) is 2. The van der Waals surface area contributed by atoms with E-state index in [-0.39, 0.29) is 5.91 Å². The Labute approximate surface area is 67.8 Å². The summed E-state index contributed by atoms with van der Waals surface area (Å²) in [4.78, 5) is 13.2. The van der Waals surface area contributed by atoms with Crippen LogP contribution < -0.4 is 5.32 Å². The lowest BCUT2D eigenvalue weighted by molar-refractivity contribution is -0.120.